The highest BCUT2D eigenvalue weighted by atomic mass is 32.2. The Balaban J connectivity index is 1.36. The molecular formula is C22H25N3O3S2. The van der Waals surface area contributed by atoms with Gasteiger partial charge in [0, 0.05) is 19.5 Å². The van der Waals surface area contributed by atoms with Crippen molar-refractivity contribution in [1.82, 2.24) is 9.29 Å². The van der Waals surface area contributed by atoms with E-state index in [1.807, 2.05) is 13.8 Å². The molecule has 3 aromatic rings. The Kier molecular flexibility index (Phi) is 5.90. The second kappa shape index (κ2) is 8.45. The van der Waals surface area contributed by atoms with Crippen LogP contribution in [0.4, 0.5) is 5.13 Å². The highest BCUT2D eigenvalue weighted by Crippen LogP contribution is 2.29. The van der Waals surface area contributed by atoms with Gasteiger partial charge in [0.2, 0.25) is 15.9 Å². The normalized spacial score (nSPS) is 15.0. The maximum atomic E-state index is 12.6. The number of hydrogen-bond donors (Lipinski definition) is 1. The second-order valence-electron chi connectivity index (χ2n) is 7.75. The molecule has 6 nitrogen and oxygen atoms in total. The minimum absolute atomic E-state index is 0.0998. The Hall–Kier alpha value is -2.29. The molecule has 0 saturated carbocycles. The lowest BCUT2D eigenvalue weighted by molar-refractivity contribution is -0.116. The number of aryl methyl sites for hydroxylation is 3. The Labute approximate surface area is 181 Å². The van der Waals surface area contributed by atoms with Crippen LogP contribution in [0, 0.1) is 13.8 Å². The SMILES string of the molecule is Cc1cc(C)c2nc(NC(=O)CCc3ccc(S(=O)(=O)N4CCCC4)cc3)sc2c1. The van der Waals surface area contributed by atoms with Crippen LogP contribution < -0.4 is 5.32 Å². The van der Waals surface area contributed by atoms with Crippen molar-refractivity contribution in [3.8, 4) is 0 Å². The van der Waals surface area contributed by atoms with E-state index in [1.165, 1.54) is 21.2 Å². The number of rotatable bonds is 6. The maximum absolute atomic E-state index is 12.6. The summed E-state index contributed by atoms with van der Waals surface area (Å²) in [5.74, 6) is -0.0998. The van der Waals surface area contributed by atoms with Gasteiger partial charge in [0.25, 0.3) is 0 Å². The third-order valence-corrected chi connectivity index (χ3v) is 8.17. The Bertz CT molecular complexity index is 1180. The molecular weight excluding hydrogens is 418 g/mol. The van der Waals surface area contributed by atoms with Crippen LogP contribution >= 0.6 is 11.3 Å². The van der Waals surface area contributed by atoms with Crippen LogP contribution in [0.15, 0.2) is 41.3 Å². The molecule has 30 heavy (non-hydrogen) atoms. The molecule has 158 valence electrons. The maximum Gasteiger partial charge on any atom is 0.243 e. The zero-order valence-electron chi connectivity index (χ0n) is 17.1. The molecule has 1 N–H and O–H groups in total. The summed E-state index contributed by atoms with van der Waals surface area (Å²) in [5, 5.41) is 3.49. The number of sulfonamides is 1. The molecule has 1 aliphatic heterocycles. The summed E-state index contributed by atoms with van der Waals surface area (Å²) in [6.07, 6.45) is 2.69. The summed E-state index contributed by atoms with van der Waals surface area (Å²) in [7, 11) is -3.40. The number of nitrogens with one attached hydrogen (secondary N) is 1. The van der Waals surface area contributed by atoms with E-state index in [9.17, 15) is 13.2 Å². The van der Waals surface area contributed by atoms with Crippen molar-refractivity contribution in [2.75, 3.05) is 18.4 Å². The van der Waals surface area contributed by atoms with Crippen LogP contribution in [0.25, 0.3) is 10.2 Å². The number of hydrogen-bond acceptors (Lipinski definition) is 5. The standard InChI is InChI=1S/C22H25N3O3S2/c1-15-13-16(2)21-19(14-15)29-22(24-21)23-20(26)10-7-17-5-8-18(9-6-17)30(27,28)25-11-3-4-12-25/h5-6,8-9,13-14H,3-4,7,10-12H2,1-2H3,(H,23,24,26). The predicted molar refractivity (Wildman–Crippen MR) is 120 cm³/mol. The Morgan fingerprint density at radius 1 is 1.13 bits per heavy atom. The van der Waals surface area contributed by atoms with Crippen LogP contribution in [0.2, 0.25) is 0 Å². The first-order chi connectivity index (χ1) is 14.3. The van der Waals surface area contributed by atoms with Crippen molar-refractivity contribution in [1.29, 1.82) is 0 Å². The largest absolute Gasteiger partial charge is 0.302 e. The molecule has 2 aromatic carbocycles. The monoisotopic (exact) mass is 443 g/mol. The van der Waals surface area contributed by atoms with Crippen molar-refractivity contribution in [2.45, 2.75) is 44.4 Å². The zero-order valence-corrected chi connectivity index (χ0v) is 18.8. The predicted octanol–water partition coefficient (Wildman–Crippen LogP) is 4.27. The van der Waals surface area contributed by atoms with Crippen LogP contribution in [-0.4, -0.2) is 36.7 Å². The van der Waals surface area contributed by atoms with Crippen molar-refractivity contribution in [2.24, 2.45) is 0 Å². The molecule has 0 radical (unpaired) electrons. The van der Waals surface area contributed by atoms with Crippen molar-refractivity contribution in [3.63, 3.8) is 0 Å². The molecule has 1 aromatic heterocycles. The first-order valence-electron chi connectivity index (χ1n) is 10.1. The van der Waals surface area contributed by atoms with E-state index in [4.69, 9.17) is 0 Å². The topological polar surface area (TPSA) is 79.4 Å². The Morgan fingerprint density at radius 2 is 1.83 bits per heavy atom. The van der Waals surface area contributed by atoms with Gasteiger partial charge in [-0.05, 0) is 68.0 Å². The van der Waals surface area contributed by atoms with E-state index in [0.29, 0.717) is 36.0 Å². The quantitative estimate of drug-likeness (QED) is 0.617. The van der Waals surface area contributed by atoms with Gasteiger partial charge in [0.15, 0.2) is 5.13 Å². The smallest absolute Gasteiger partial charge is 0.243 e. The van der Waals surface area contributed by atoms with Gasteiger partial charge in [-0.15, -0.1) is 0 Å². The average Bonchev–Trinajstić information content (AvgIpc) is 3.37. The molecule has 1 aliphatic rings. The molecule has 1 amide bonds. The van der Waals surface area contributed by atoms with Crippen LogP contribution in [-0.2, 0) is 21.2 Å². The molecule has 1 fully saturated rings. The zero-order chi connectivity index (χ0) is 21.3. The minimum atomic E-state index is -3.40. The third kappa shape index (κ3) is 4.40. The van der Waals surface area contributed by atoms with E-state index in [2.05, 4.69) is 22.4 Å². The summed E-state index contributed by atoms with van der Waals surface area (Å²) in [6, 6.07) is 11.0. The fourth-order valence-corrected chi connectivity index (χ4v) is 6.34. The second-order valence-corrected chi connectivity index (χ2v) is 10.7. The molecule has 0 spiro atoms. The molecule has 0 bridgehead atoms. The first-order valence-corrected chi connectivity index (χ1v) is 12.4. The molecule has 0 unspecified atom stereocenters. The number of benzene rings is 2. The summed E-state index contributed by atoms with van der Waals surface area (Å²) in [6.45, 7) is 5.25. The van der Waals surface area contributed by atoms with E-state index in [0.717, 1.165) is 34.2 Å². The summed E-state index contributed by atoms with van der Waals surface area (Å²) in [5.41, 5.74) is 4.14. The molecule has 2 heterocycles. The highest BCUT2D eigenvalue weighted by Gasteiger charge is 2.26. The lowest BCUT2D eigenvalue weighted by Crippen LogP contribution is -2.27. The van der Waals surface area contributed by atoms with Crippen LogP contribution in [0.1, 0.15) is 36.0 Å². The van der Waals surface area contributed by atoms with E-state index in [-0.39, 0.29) is 5.91 Å². The molecule has 0 atom stereocenters. The molecule has 4 rings (SSSR count). The highest BCUT2D eigenvalue weighted by molar-refractivity contribution is 7.89. The molecule has 0 aliphatic carbocycles. The number of anilines is 1. The van der Waals surface area contributed by atoms with Crippen LogP contribution in [0.3, 0.4) is 0 Å². The van der Waals surface area contributed by atoms with Gasteiger partial charge in [0.1, 0.15) is 0 Å². The molecule has 8 heteroatoms. The van der Waals surface area contributed by atoms with Gasteiger partial charge in [-0.25, -0.2) is 13.4 Å². The summed E-state index contributed by atoms with van der Waals surface area (Å²) in [4.78, 5) is 17.2. The van der Waals surface area contributed by atoms with Crippen molar-refractivity contribution < 1.29 is 13.2 Å². The number of aromatic nitrogens is 1. The van der Waals surface area contributed by atoms with Crippen LogP contribution in [0.5, 0.6) is 0 Å². The lowest BCUT2D eigenvalue weighted by Gasteiger charge is -2.15. The van der Waals surface area contributed by atoms with Gasteiger partial charge < -0.3 is 5.32 Å². The van der Waals surface area contributed by atoms with E-state index >= 15 is 0 Å². The molecule has 1 saturated heterocycles. The minimum Gasteiger partial charge on any atom is -0.302 e. The average molecular weight is 444 g/mol. The third-order valence-electron chi connectivity index (χ3n) is 5.34. The van der Waals surface area contributed by atoms with Gasteiger partial charge in [-0.3, -0.25) is 4.79 Å². The summed E-state index contributed by atoms with van der Waals surface area (Å²) >= 11 is 1.48. The number of fused-ring (bicyclic) bond motifs is 1. The Morgan fingerprint density at radius 3 is 2.53 bits per heavy atom. The first kappa shape index (κ1) is 21.0. The van der Waals surface area contributed by atoms with Gasteiger partial charge in [-0.1, -0.05) is 29.5 Å². The van der Waals surface area contributed by atoms with Crippen molar-refractivity contribution >= 4 is 42.6 Å². The number of amides is 1. The number of thiazole rings is 1. The summed E-state index contributed by atoms with van der Waals surface area (Å²) < 4.78 is 27.8. The van der Waals surface area contributed by atoms with Gasteiger partial charge in [0.05, 0.1) is 15.1 Å². The lowest BCUT2D eigenvalue weighted by atomic mass is 10.1. The van der Waals surface area contributed by atoms with Gasteiger partial charge in [-0.2, -0.15) is 4.31 Å². The van der Waals surface area contributed by atoms with Gasteiger partial charge >= 0.3 is 0 Å². The van der Waals surface area contributed by atoms with E-state index in [1.54, 1.807) is 24.3 Å². The fourth-order valence-electron chi connectivity index (χ4n) is 3.77. The number of carbonyl (C=O) groups is 1. The fraction of sp³-hybridized carbons (Fsp3) is 0.364. The van der Waals surface area contributed by atoms with Crippen molar-refractivity contribution in [3.05, 3.63) is 53.1 Å². The number of carbonyl (C=O) groups excluding carboxylic acids is 1. The van der Waals surface area contributed by atoms with E-state index < -0.39 is 10.0 Å². The number of nitrogens with zero attached hydrogens (tertiary/aromatic N) is 2.